The second-order valence-corrected chi connectivity index (χ2v) is 6.12. The number of hydrogen-bond donors (Lipinski definition) is 3. The van der Waals surface area contributed by atoms with Crippen LogP contribution in [0.4, 0.5) is 15.8 Å². The number of amides is 2. The van der Waals surface area contributed by atoms with Gasteiger partial charge in [0.15, 0.2) is 0 Å². The Kier molecular flexibility index (Phi) is 7.41. The number of hydrogen-bond acceptors (Lipinski definition) is 3. The van der Waals surface area contributed by atoms with Crippen molar-refractivity contribution in [1.82, 2.24) is 5.32 Å². The van der Waals surface area contributed by atoms with Gasteiger partial charge in [0, 0.05) is 23.5 Å². The van der Waals surface area contributed by atoms with Crippen LogP contribution < -0.4 is 16.0 Å². The third-order valence-electron chi connectivity index (χ3n) is 3.62. The van der Waals surface area contributed by atoms with Gasteiger partial charge < -0.3 is 16.0 Å². The summed E-state index contributed by atoms with van der Waals surface area (Å²) in [5.74, 6) is -0.919. The van der Waals surface area contributed by atoms with Crippen LogP contribution in [-0.2, 0) is 4.79 Å². The SMILES string of the molecule is CCCCNC(=O)c1ccc(NC(=O)CNc2ccc(F)c(Cl)c2)cc1. The largest absolute Gasteiger partial charge is 0.376 e. The Morgan fingerprint density at radius 3 is 2.42 bits per heavy atom. The Balaban J connectivity index is 1.83. The Morgan fingerprint density at radius 1 is 1.08 bits per heavy atom. The maximum absolute atomic E-state index is 13.1. The number of halogens is 2. The van der Waals surface area contributed by atoms with Gasteiger partial charge in [-0.25, -0.2) is 4.39 Å². The van der Waals surface area contributed by atoms with E-state index >= 15 is 0 Å². The molecular formula is C19H21ClFN3O2. The average Bonchev–Trinajstić information content (AvgIpc) is 2.63. The molecule has 7 heteroatoms. The van der Waals surface area contributed by atoms with Crippen molar-refractivity contribution in [2.45, 2.75) is 19.8 Å². The first-order valence-corrected chi connectivity index (χ1v) is 8.74. The van der Waals surface area contributed by atoms with E-state index in [4.69, 9.17) is 11.6 Å². The number of anilines is 2. The molecule has 0 spiro atoms. The third kappa shape index (κ3) is 6.04. The van der Waals surface area contributed by atoms with Crippen LogP contribution in [0.15, 0.2) is 42.5 Å². The lowest BCUT2D eigenvalue weighted by Crippen LogP contribution is -2.24. The molecule has 0 atom stereocenters. The second-order valence-electron chi connectivity index (χ2n) is 5.72. The number of nitrogens with one attached hydrogen (secondary N) is 3. The van der Waals surface area contributed by atoms with Gasteiger partial charge in [0.25, 0.3) is 5.91 Å². The van der Waals surface area contributed by atoms with Crippen LogP contribution in [0.5, 0.6) is 0 Å². The molecule has 0 saturated carbocycles. The van der Waals surface area contributed by atoms with Crippen LogP contribution in [-0.4, -0.2) is 24.9 Å². The van der Waals surface area contributed by atoms with Crippen LogP contribution in [0.2, 0.25) is 5.02 Å². The Bertz CT molecular complexity index is 766. The summed E-state index contributed by atoms with van der Waals surface area (Å²) in [7, 11) is 0. The molecule has 0 aliphatic heterocycles. The second kappa shape index (κ2) is 9.77. The van der Waals surface area contributed by atoms with Crippen molar-refractivity contribution in [2.75, 3.05) is 23.7 Å². The lowest BCUT2D eigenvalue weighted by atomic mass is 10.2. The Morgan fingerprint density at radius 2 is 1.77 bits per heavy atom. The van der Waals surface area contributed by atoms with E-state index in [-0.39, 0.29) is 23.4 Å². The zero-order valence-electron chi connectivity index (χ0n) is 14.4. The minimum atomic E-state index is -0.513. The molecule has 0 aliphatic rings. The molecule has 3 N–H and O–H groups in total. The predicted molar refractivity (Wildman–Crippen MR) is 102 cm³/mol. The van der Waals surface area contributed by atoms with Crippen molar-refractivity contribution < 1.29 is 14.0 Å². The number of benzene rings is 2. The van der Waals surface area contributed by atoms with E-state index in [1.165, 1.54) is 18.2 Å². The molecule has 0 bridgehead atoms. The normalized spacial score (nSPS) is 10.3. The number of carbonyl (C=O) groups excluding carboxylic acids is 2. The highest BCUT2D eigenvalue weighted by molar-refractivity contribution is 6.31. The monoisotopic (exact) mass is 377 g/mol. The zero-order chi connectivity index (χ0) is 18.9. The highest BCUT2D eigenvalue weighted by Gasteiger charge is 2.07. The van der Waals surface area contributed by atoms with Crippen molar-refractivity contribution in [1.29, 1.82) is 0 Å². The summed E-state index contributed by atoms with van der Waals surface area (Å²) < 4.78 is 13.1. The summed E-state index contributed by atoms with van der Waals surface area (Å²) in [6, 6.07) is 10.8. The van der Waals surface area contributed by atoms with Crippen LogP contribution >= 0.6 is 11.6 Å². The molecule has 0 saturated heterocycles. The molecule has 2 aromatic rings. The van der Waals surface area contributed by atoms with Gasteiger partial charge in [0.2, 0.25) is 5.91 Å². The lowest BCUT2D eigenvalue weighted by Gasteiger charge is -2.09. The van der Waals surface area contributed by atoms with Crippen molar-refractivity contribution in [3.63, 3.8) is 0 Å². The molecule has 2 amide bonds. The van der Waals surface area contributed by atoms with E-state index < -0.39 is 5.82 Å². The van der Waals surface area contributed by atoms with Gasteiger partial charge in [-0.2, -0.15) is 0 Å². The van der Waals surface area contributed by atoms with Crippen molar-refractivity contribution in [3.05, 3.63) is 58.9 Å². The van der Waals surface area contributed by atoms with Crippen molar-refractivity contribution in [2.24, 2.45) is 0 Å². The van der Waals surface area contributed by atoms with E-state index in [2.05, 4.69) is 22.9 Å². The number of carbonyl (C=O) groups is 2. The maximum atomic E-state index is 13.1. The van der Waals surface area contributed by atoms with E-state index in [9.17, 15) is 14.0 Å². The molecule has 138 valence electrons. The minimum Gasteiger partial charge on any atom is -0.376 e. The van der Waals surface area contributed by atoms with Gasteiger partial charge in [-0.15, -0.1) is 0 Å². The third-order valence-corrected chi connectivity index (χ3v) is 3.91. The summed E-state index contributed by atoms with van der Waals surface area (Å²) in [6.07, 6.45) is 1.95. The molecule has 0 aromatic heterocycles. The molecule has 2 rings (SSSR count). The summed E-state index contributed by atoms with van der Waals surface area (Å²) in [5, 5.41) is 8.40. The van der Waals surface area contributed by atoms with E-state index in [1.807, 2.05) is 0 Å². The summed E-state index contributed by atoms with van der Waals surface area (Å²) in [6.45, 7) is 2.71. The molecule has 0 heterocycles. The van der Waals surface area contributed by atoms with E-state index in [0.29, 0.717) is 23.5 Å². The fraction of sp³-hybridized carbons (Fsp3) is 0.263. The molecule has 0 radical (unpaired) electrons. The molecular weight excluding hydrogens is 357 g/mol. The van der Waals surface area contributed by atoms with Gasteiger partial charge in [-0.1, -0.05) is 24.9 Å². The molecule has 0 fully saturated rings. The Labute approximate surface area is 156 Å². The van der Waals surface area contributed by atoms with Gasteiger partial charge in [0.05, 0.1) is 11.6 Å². The first-order valence-electron chi connectivity index (χ1n) is 8.36. The first kappa shape index (κ1) is 19.7. The molecule has 2 aromatic carbocycles. The summed E-state index contributed by atoms with van der Waals surface area (Å²) in [5.41, 5.74) is 1.67. The molecule has 0 unspecified atom stereocenters. The predicted octanol–water partition coefficient (Wildman–Crippen LogP) is 4.06. The van der Waals surface area contributed by atoms with Gasteiger partial charge in [-0.05, 0) is 48.9 Å². The fourth-order valence-corrected chi connectivity index (χ4v) is 2.36. The highest BCUT2D eigenvalue weighted by atomic mass is 35.5. The average molecular weight is 378 g/mol. The number of rotatable bonds is 8. The van der Waals surface area contributed by atoms with Crippen LogP contribution in [0.25, 0.3) is 0 Å². The van der Waals surface area contributed by atoms with Crippen molar-refractivity contribution >= 4 is 34.8 Å². The smallest absolute Gasteiger partial charge is 0.251 e. The molecule has 0 aliphatic carbocycles. The maximum Gasteiger partial charge on any atom is 0.251 e. The molecule has 5 nitrogen and oxygen atoms in total. The fourth-order valence-electron chi connectivity index (χ4n) is 2.18. The number of unbranched alkanes of at least 4 members (excludes halogenated alkanes) is 1. The minimum absolute atomic E-state index is 0.00121. The zero-order valence-corrected chi connectivity index (χ0v) is 15.2. The van der Waals surface area contributed by atoms with Gasteiger partial charge in [0.1, 0.15) is 5.82 Å². The lowest BCUT2D eigenvalue weighted by molar-refractivity contribution is -0.114. The summed E-state index contributed by atoms with van der Waals surface area (Å²) >= 11 is 5.69. The van der Waals surface area contributed by atoms with Crippen LogP contribution in [0.3, 0.4) is 0 Å². The topological polar surface area (TPSA) is 70.2 Å². The Hall–Kier alpha value is -2.60. The van der Waals surface area contributed by atoms with Gasteiger partial charge in [-0.3, -0.25) is 9.59 Å². The summed E-state index contributed by atoms with van der Waals surface area (Å²) in [4.78, 5) is 23.9. The first-order chi connectivity index (χ1) is 12.5. The van der Waals surface area contributed by atoms with Crippen molar-refractivity contribution in [3.8, 4) is 0 Å². The van der Waals surface area contributed by atoms with Crippen LogP contribution in [0, 0.1) is 5.82 Å². The quantitative estimate of drug-likeness (QED) is 0.607. The van der Waals surface area contributed by atoms with E-state index in [1.54, 1.807) is 24.3 Å². The highest BCUT2D eigenvalue weighted by Crippen LogP contribution is 2.19. The molecule has 26 heavy (non-hydrogen) atoms. The standard InChI is InChI=1S/C19H21ClFN3O2/c1-2-3-10-22-19(26)13-4-6-14(7-5-13)24-18(25)12-23-15-8-9-17(21)16(20)11-15/h4-9,11,23H,2-3,10,12H2,1H3,(H,22,26)(H,24,25). The van der Waals surface area contributed by atoms with Gasteiger partial charge >= 0.3 is 0 Å². The van der Waals surface area contributed by atoms with E-state index in [0.717, 1.165) is 12.8 Å². The van der Waals surface area contributed by atoms with Crippen LogP contribution in [0.1, 0.15) is 30.1 Å².